The molecule has 156 valence electrons. The van der Waals surface area contributed by atoms with Crippen molar-refractivity contribution in [3.05, 3.63) is 35.4 Å². The normalized spacial score (nSPS) is 16.2. The van der Waals surface area contributed by atoms with Gasteiger partial charge in [0, 0.05) is 32.6 Å². The number of guanidine groups is 1. The highest BCUT2D eigenvalue weighted by Gasteiger charge is 2.22. The van der Waals surface area contributed by atoms with Gasteiger partial charge in [0.25, 0.3) is 0 Å². The van der Waals surface area contributed by atoms with E-state index in [2.05, 4.69) is 60.3 Å². The molecule has 2 rings (SSSR count). The fraction of sp³-hybridized carbons (Fsp3) is 0.636. The molecule has 0 aliphatic carbocycles. The molecule has 28 heavy (non-hydrogen) atoms. The van der Waals surface area contributed by atoms with Crippen LogP contribution in [0.1, 0.15) is 43.7 Å². The van der Waals surface area contributed by atoms with Gasteiger partial charge in [0.1, 0.15) is 0 Å². The SMILES string of the molecule is CCNC(=NCCCCN1CCC(C(N)=O)CC1)N(C)Cc1ccccc1C. The zero-order valence-corrected chi connectivity index (χ0v) is 17.8. The fourth-order valence-corrected chi connectivity index (χ4v) is 3.66. The van der Waals surface area contributed by atoms with Crippen LogP contribution in [0.25, 0.3) is 0 Å². The molecule has 1 aliphatic rings. The van der Waals surface area contributed by atoms with Crippen molar-refractivity contribution in [2.24, 2.45) is 16.6 Å². The van der Waals surface area contributed by atoms with Crippen molar-refractivity contribution in [1.29, 1.82) is 0 Å². The average Bonchev–Trinajstić information content (AvgIpc) is 2.69. The summed E-state index contributed by atoms with van der Waals surface area (Å²) >= 11 is 0. The Morgan fingerprint density at radius 2 is 2.00 bits per heavy atom. The minimum absolute atomic E-state index is 0.0762. The zero-order chi connectivity index (χ0) is 20.4. The second-order valence-corrected chi connectivity index (χ2v) is 7.74. The largest absolute Gasteiger partial charge is 0.369 e. The third kappa shape index (κ3) is 7.15. The first-order chi connectivity index (χ1) is 13.5. The summed E-state index contributed by atoms with van der Waals surface area (Å²) in [6.07, 6.45) is 4.01. The number of aliphatic imine (C=N–C) groups is 1. The number of aryl methyl sites for hydroxylation is 1. The van der Waals surface area contributed by atoms with Crippen molar-refractivity contribution in [3.8, 4) is 0 Å². The van der Waals surface area contributed by atoms with E-state index in [1.165, 1.54) is 11.1 Å². The van der Waals surface area contributed by atoms with Crippen molar-refractivity contribution in [2.75, 3.05) is 39.8 Å². The monoisotopic (exact) mass is 387 g/mol. The van der Waals surface area contributed by atoms with Gasteiger partial charge in [-0.3, -0.25) is 9.79 Å². The molecule has 0 atom stereocenters. The molecule has 1 aromatic carbocycles. The van der Waals surface area contributed by atoms with Gasteiger partial charge in [-0.1, -0.05) is 24.3 Å². The van der Waals surface area contributed by atoms with Gasteiger partial charge in [-0.25, -0.2) is 0 Å². The maximum absolute atomic E-state index is 11.2. The summed E-state index contributed by atoms with van der Waals surface area (Å²) in [4.78, 5) is 20.7. The topological polar surface area (TPSA) is 74.0 Å². The number of hydrogen-bond donors (Lipinski definition) is 2. The number of hydrogen-bond acceptors (Lipinski definition) is 3. The summed E-state index contributed by atoms with van der Waals surface area (Å²) in [5.74, 6) is 0.903. The standard InChI is InChI=1S/C22H37N5O/c1-4-24-22(26(3)17-20-10-6-5-9-18(20)2)25-13-7-8-14-27-15-11-19(12-16-27)21(23)28/h5-6,9-10,19H,4,7-8,11-17H2,1-3H3,(H2,23,28)(H,24,25). The van der Waals surface area contributed by atoms with Crippen LogP contribution in [0, 0.1) is 12.8 Å². The van der Waals surface area contributed by atoms with E-state index in [1.807, 2.05) is 0 Å². The Kier molecular flexibility index (Phi) is 9.28. The first-order valence-electron chi connectivity index (χ1n) is 10.6. The number of likely N-dealkylation sites (tertiary alicyclic amines) is 1. The van der Waals surface area contributed by atoms with Crippen LogP contribution < -0.4 is 11.1 Å². The number of unbranched alkanes of at least 4 members (excludes halogenated alkanes) is 1. The van der Waals surface area contributed by atoms with E-state index in [0.29, 0.717) is 0 Å². The molecule has 3 N–H and O–H groups in total. The molecule has 0 aromatic heterocycles. The zero-order valence-electron chi connectivity index (χ0n) is 17.8. The summed E-state index contributed by atoms with van der Waals surface area (Å²) in [6.45, 7) is 9.86. The molecule has 1 amide bonds. The van der Waals surface area contributed by atoms with E-state index in [1.54, 1.807) is 0 Å². The minimum atomic E-state index is -0.139. The predicted octanol–water partition coefficient (Wildman–Crippen LogP) is 2.37. The number of nitrogens with one attached hydrogen (secondary N) is 1. The van der Waals surface area contributed by atoms with Crippen molar-refractivity contribution in [2.45, 2.75) is 46.1 Å². The molecule has 0 saturated carbocycles. The summed E-state index contributed by atoms with van der Waals surface area (Å²) in [6, 6.07) is 8.50. The van der Waals surface area contributed by atoms with Crippen LogP contribution in [0.3, 0.4) is 0 Å². The lowest BCUT2D eigenvalue weighted by Crippen LogP contribution is -2.39. The maximum Gasteiger partial charge on any atom is 0.220 e. The molecule has 0 radical (unpaired) electrons. The molecule has 0 bridgehead atoms. The predicted molar refractivity (Wildman–Crippen MR) is 116 cm³/mol. The first kappa shape index (κ1) is 22.2. The molecular weight excluding hydrogens is 350 g/mol. The number of primary amides is 1. The van der Waals surface area contributed by atoms with Crippen LogP contribution in [0.4, 0.5) is 0 Å². The summed E-state index contributed by atoms with van der Waals surface area (Å²) in [5.41, 5.74) is 8.04. The highest BCUT2D eigenvalue weighted by molar-refractivity contribution is 5.79. The van der Waals surface area contributed by atoms with Gasteiger partial charge in [-0.05, 0) is 70.3 Å². The van der Waals surface area contributed by atoms with Crippen LogP contribution >= 0.6 is 0 Å². The number of piperidine rings is 1. The highest BCUT2D eigenvalue weighted by atomic mass is 16.1. The summed E-state index contributed by atoms with van der Waals surface area (Å²) < 4.78 is 0. The molecular formula is C22H37N5O. The van der Waals surface area contributed by atoms with Crippen LogP contribution in [-0.2, 0) is 11.3 Å². The quantitative estimate of drug-likeness (QED) is 0.388. The number of nitrogens with zero attached hydrogens (tertiary/aromatic N) is 3. The fourth-order valence-electron chi connectivity index (χ4n) is 3.66. The van der Waals surface area contributed by atoms with E-state index >= 15 is 0 Å². The first-order valence-corrected chi connectivity index (χ1v) is 10.6. The van der Waals surface area contributed by atoms with E-state index < -0.39 is 0 Å². The third-order valence-electron chi connectivity index (χ3n) is 5.50. The molecule has 1 fully saturated rings. The third-order valence-corrected chi connectivity index (χ3v) is 5.50. The van der Waals surface area contributed by atoms with Crippen LogP contribution in [0.5, 0.6) is 0 Å². The van der Waals surface area contributed by atoms with Gasteiger partial charge < -0.3 is 20.9 Å². The Hall–Kier alpha value is -2.08. The number of rotatable bonds is 9. The Morgan fingerprint density at radius 1 is 1.29 bits per heavy atom. The van der Waals surface area contributed by atoms with E-state index in [0.717, 1.165) is 70.9 Å². The number of carbonyl (C=O) groups is 1. The van der Waals surface area contributed by atoms with Crippen molar-refractivity contribution in [1.82, 2.24) is 15.1 Å². The van der Waals surface area contributed by atoms with Crippen LogP contribution in [-0.4, -0.2) is 61.4 Å². The number of benzene rings is 1. The maximum atomic E-state index is 11.2. The molecule has 0 spiro atoms. The Labute approximate surface area is 170 Å². The van der Waals surface area contributed by atoms with Gasteiger partial charge in [0.05, 0.1) is 0 Å². The number of carbonyl (C=O) groups excluding carboxylic acids is 1. The van der Waals surface area contributed by atoms with Gasteiger partial charge in [0.2, 0.25) is 5.91 Å². The van der Waals surface area contributed by atoms with Crippen LogP contribution in [0.2, 0.25) is 0 Å². The van der Waals surface area contributed by atoms with Crippen molar-refractivity contribution in [3.63, 3.8) is 0 Å². The Bertz CT molecular complexity index is 638. The van der Waals surface area contributed by atoms with Crippen LogP contribution in [0.15, 0.2) is 29.3 Å². The molecule has 6 heteroatoms. The second-order valence-electron chi connectivity index (χ2n) is 7.74. The average molecular weight is 388 g/mol. The lowest BCUT2D eigenvalue weighted by Gasteiger charge is -2.30. The van der Waals surface area contributed by atoms with Crippen molar-refractivity contribution < 1.29 is 4.79 Å². The Morgan fingerprint density at radius 3 is 2.64 bits per heavy atom. The van der Waals surface area contributed by atoms with E-state index in [-0.39, 0.29) is 11.8 Å². The molecule has 0 unspecified atom stereocenters. The molecule has 6 nitrogen and oxygen atoms in total. The number of nitrogens with two attached hydrogens (primary N) is 1. The second kappa shape index (κ2) is 11.7. The molecule has 1 saturated heterocycles. The Balaban J connectivity index is 1.73. The summed E-state index contributed by atoms with van der Waals surface area (Å²) in [7, 11) is 2.09. The summed E-state index contributed by atoms with van der Waals surface area (Å²) in [5, 5.41) is 3.40. The number of amides is 1. The lowest BCUT2D eigenvalue weighted by molar-refractivity contribution is -0.123. The van der Waals surface area contributed by atoms with Gasteiger partial charge in [-0.2, -0.15) is 0 Å². The lowest BCUT2D eigenvalue weighted by atomic mass is 9.96. The molecule has 1 aromatic rings. The van der Waals surface area contributed by atoms with Gasteiger partial charge in [0.15, 0.2) is 5.96 Å². The van der Waals surface area contributed by atoms with E-state index in [9.17, 15) is 4.79 Å². The van der Waals surface area contributed by atoms with E-state index in [4.69, 9.17) is 10.7 Å². The van der Waals surface area contributed by atoms with Crippen molar-refractivity contribution >= 4 is 11.9 Å². The van der Waals surface area contributed by atoms with Gasteiger partial charge in [-0.15, -0.1) is 0 Å². The molecule has 1 aliphatic heterocycles. The molecule has 1 heterocycles. The smallest absolute Gasteiger partial charge is 0.220 e. The van der Waals surface area contributed by atoms with Gasteiger partial charge >= 0.3 is 0 Å². The minimum Gasteiger partial charge on any atom is -0.369 e. The highest BCUT2D eigenvalue weighted by Crippen LogP contribution is 2.17.